The molecule has 192 valence electrons. The van der Waals surface area contributed by atoms with E-state index in [0.717, 1.165) is 22.3 Å². The number of amides is 3. The predicted octanol–water partition coefficient (Wildman–Crippen LogP) is 5.17. The van der Waals surface area contributed by atoms with Gasteiger partial charge in [0.25, 0.3) is 0 Å². The van der Waals surface area contributed by atoms with E-state index in [1.165, 1.54) is 4.90 Å². The fraction of sp³-hybridized carbons (Fsp3) is 0.182. The van der Waals surface area contributed by atoms with Crippen molar-refractivity contribution in [3.8, 4) is 0 Å². The minimum Gasteiger partial charge on any atom is -0.355 e. The Balaban J connectivity index is 1.40. The van der Waals surface area contributed by atoms with Crippen molar-refractivity contribution in [3.05, 3.63) is 144 Å². The molecular formula is C33H32N2O3. The quantitative estimate of drug-likeness (QED) is 0.287. The van der Waals surface area contributed by atoms with Crippen molar-refractivity contribution in [1.29, 1.82) is 0 Å². The molecule has 0 aromatic heterocycles. The van der Waals surface area contributed by atoms with Crippen molar-refractivity contribution in [3.63, 3.8) is 0 Å². The molecule has 0 radical (unpaired) electrons. The lowest BCUT2D eigenvalue weighted by molar-refractivity contribution is -0.144. The zero-order valence-corrected chi connectivity index (χ0v) is 21.3. The number of nitrogens with zero attached hydrogens (tertiary/aromatic N) is 1. The number of carbonyl (C=O) groups excluding carboxylic acids is 3. The van der Waals surface area contributed by atoms with Crippen LogP contribution in [0.1, 0.15) is 34.6 Å². The molecular weight excluding hydrogens is 472 g/mol. The van der Waals surface area contributed by atoms with E-state index in [-0.39, 0.29) is 37.1 Å². The highest BCUT2D eigenvalue weighted by atomic mass is 16.2. The molecule has 0 unspecified atom stereocenters. The maximum atomic E-state index is 13.3. The summed E-state index contributed by atoms with van der Waals surface area (Å²) in [5.74, 6) is -1.03. The van der Waals surface area contributed by atoms with Crippen LogP contribution >= 0.6 is 0 Å². The van der Waals surface area contributed by atoms with Crippen molar-refractivity contribution in [2.24, 2.45) is 0 Å². The van der Waals surface area contributed by atoms with E-state index in [1.54, 1.807) is 0 Å². The molecule has 0 heterocycles. The van der Waals surface area contributed by atoms with Gasteiger partial charge in [0.1, 0.15) is 0 Å². The summed E-state index contributed by atoms with van der Waals surface area (Å²) in [5.41, 5.74) is 3.54. The molecule has 0 saturated heterocycles. The number of carbonyl (C=O) groups is 3. The first-order chi connectivity index (χ1) is 18.6. The Kier molecular flexibility index (Phi) is 9.57. The molecule has 5 nitrogen and oxygen atoms in total. The minimum atomic E-state index is -0.437. The van der Waals surface area contributed by atoms with Gasteiger partial charge in [0.2, 0.25) is 17.7 Å². The Hall–Kier alpha value is -4.51. The van der Waals surface area contributed by atoms with Crippen molar-refractivity contribution in [2.45, 2.75) is 25.2 Å². The molecule has 0 aliphatic rings. The maximum absolute atomic E-state index is 13.3. The topological polar surface area (TPSA) is 66.5 Å². The van der Waals surface area contributed by atoms with Crippen LogP contribution in [0.5, 0.6) is 0 Å². The molecule has 1 N–H and O–H groups in total. The van der Waals surface area contributed by atoms with Gasteiger partial charge in [-0.1, -0.05) is 121 Å². The van der Waals surface area contributed by atoms with Gasteiger partial charge in [-0.2, -0.15) is 0 Å². The van der Waals surface area contributed by atoms with Crippen LogP contribution in [0.3, 0.4) is 0 Å². The average Bonchev–Trinajstić information content (AvgIpc) is 2.95. The van der Waals surface area contributed by atoms with Gasteiger partial charge in [-0.3, -0.25) is 19.3 Å². The van der Waals surface area contributed by atoms with E-state index in [0.29, 0.717) is 13.0 Å². The third kappa shape index (κ3) is 7.50. The fourth-order valence-electron chi connectivity index (χ4n) is 4.46. The van der Waals surface area contributed by atoms with Crippen molar-refractivity contribution >= 4 is 17.7 Å². The number of rotatable bonds is 11. The van der Waals surface area contributed by atoms with Crippen LogP contribution in [-0.4, -0.2) is 35.7 Å². The summed E-state index contributed by atoms with van der Waals surface area (Å²) in [6.07, 6.45) is 0.763. The summed E-state index contributed by atoms with van der Waals surface area (Å²) >= 11 is 0. The van der Waals surface area contributed by atoms with Crippen LogP contribution in [0.25, 0.3) is 0 Å². The van der Waals surface area contributed by atoms with Gasteiger partial charge >= 0.3 is 0 Å². The predicted molar refractivity (Wildman–Crippen MR) is 149 cm³/mol. The Morgan fingerprint density at radius 3 is 1.39 bits per heavy atom. The van der Waals surface area contributed by atoms with E-state index < -0.39 is 5.92 Å². The first-order valence-electron chi connectivity index (χ1n) is 12.9. The first kappa shape index (κ1) is 26.6. The number of nitrogens with one attached hydrogen (secondary N) is 1. The highest BCUT2D eigenvalue weighted by molar-refractivity contribution is 5.97. The Labute approximate surface area is 224 Å². The van der Waals surface area contributed by atoms with E-state index in [2.05, 4.69) is 5.32 Å². The molecule has 4 aromatic rings. The molecule has 0 atom stereocenters. The molecule has 38 heavy (non-hydrogen) atoms. The second-order valence-corrected chi connectivity index (χ2v) is 9.16. The summed E-state index contributed by atoms with van der Waals surface area (Å²) in [4.78, 5) is 40.9. The van der Waals surface area contributed by atoms with E-state index in [1.807, 2.05) is 121 Å². The molecule has 4 aromatic carbocycles. The van der Waals surface area contributed by atoms with Gasteiger partial charge in [-0.25, -0.2) is 0 Å². The lowest BCUT2D eigenvalue weighted by Gasteiger charge is -2.22. The van der Waals surface area contributed by atoms with Gasteiger partial charge < -0.3 is 5.32 Å². The van der Waals surface area contributed by atoms with E-state index in [9.17, 15) is 14.4 Å². The largest absolute Gasteiger partial charge is 0.355 e. The lowest BCUT2D eigenvalue weighted by Crippen LogP contribution is -2.41. The van der Waals surface area contributed by atoms with Crippen molar-refractivity contribution < 1.29 is 14.4 Å². The summed E-state index contributed by atoms with van der Waals surface area (Å²) in [6, 6.07) is 38.2. The Bertz CT molecular complexity index is 1220. The monoisotopic (exact) mass is 504 g/mol. The van der Waals surface area contributed by atoms with Gasteiger partial charge in [0, 0.05) is 13.1 Å². The molecule has 3 amide bonds. The van der Waals surface area contributed by atoms with Crippen molar-refractivity contribution in [1.82, 2.24) is 10.2 Å². The molecule has 0 spiro atoms. The Morgan fingerprint density at radius 1 is 0.579 bits per heavy atom. The van der Waals surface area contributed by atoms with Crippen LogP contribution in [0.2, 0.25) is 0 Å². The normalized spacial score (nSPS) is 10.7. The standard InChI is InChI=1S/C33H32N2O3/c36-30(24-26-14-5-1-6-15-26)35(31(37)25-27-16-7-2-8-17-27)23-13-22-34-33(38)32(28-18-9-3-10-19-28)29-20-11-4-12-21-29/h1-12,14-21,32H,13,22-25H2,(H,34,38). The number of imide groups is 1. The average molecular weight is 505 g/mol. The summed E-state index contributed by atoms with van der Waals surface area (Å²) in [6.45, 7) is 0.585. The molecule has 0 fully saturated rings. The summed E-state index contributed by atoms with van der Waals surface area (Å²) in [7, 11) is 0. The van der Waals surface area contributed by atoms with E-state index in [4.69, 9.17) is 0 Å². The van der Waals surface area contributed by atoms with Crippen LogP contribution < -0.4 is 5.32 Å². The zero-order chi connectivity index (χ0) is 26.6. The molecule has 0 bridgehead atoms. The molecule has 0 aliphatic heterocycles. The molecule has 0 saturated carbocycles. The third-order valence-corrected chi connectivity index (χ3v) is 6.38. The third-order valence-electron chi connectivity index (χ3n) is 6.38. The van der Waals surface area contributed by atoms with Gasteiger partial charge in [-0.15, -0.1) is 0 Å². The highest BCUT2D eigenvalue weighted by Crippen LogP contribution is 2.24. The van der Waals surface area contributed by atoms with Gasteiger partial charge in [0.15, 0.2) is 0 Å². The molecule has 4 rings (SSSR count). The smallest absolute Gasteiger partial charge is 0.233 e. The Morgan fingerprint density at radius 2 is 0.974 bits per heavy atom. The van der Waals surface area contributed by atoms with Crippen LogP contribution in [0.4, 0.5) is 0 Å². The fourth-order valence-corrected chi connectivity index (χ4v) is 4.46. The van der Waals surface area contributed by atoms with Gasteiger partial charge in [-0.05, 0) is 28.7 Å². The van der Waals surface area contributed by atoms with Crippen molar-refractivity contribution in [2.75, 3.05) is 13.1 Å². The number of hydrogen-bond acceptors (Lipinski definition) is 3. The molecule has 0 aliphatic carbocycles. The highest BCUT2D eigenvalue weighted by Gasteiger charge is 2.24. The second kappa shape index (κ2) is 13.7. The first-order valence-corrected chi connectivity index (χ1v) is 12.9. The summed E-state index contributed by atoms with van der Waals surface area (Å²) in [5, 5.41) is 3.02. The minimum absolute atomic E-state index is 0.111. The second-order valence-electron chi connectivity index (χ2n) is 9.16. The zero-order valence-electron chi connectivity index (χ0n) is 21.3. The maximum Gasteiger partial charge on any atom is 0.233 e. The SMILES string of the molecule is O=C(NCCCN(C(=O)Cc1ccccc1)C(=O)Cc1ccccc1)C(c1ccccc1)c1ccccc1. The van der Waals surface area contributed by atoms with E-state index >= 15 is 0 Å². The number of hydrogen-bond donors (Lipinski definition) is 1. The summed E-state index contributed by atoms with van der Waals surface area (Å²) < 4.78 is 0. The van der Waals surface area contributed by atoms with Gasteiger partial charge in [0.05, 0.1) is 18.8 Å². The number of benzene rings is 4. The van der Waals surface area contributed by atoms with Crippen LogP contribution in [-0.2, 0) is 27.2 Å². The van der Waals surface area contributed by atoms with Crippen LogP contribution in [0, 0.1) is 0 Å². The van der Waals surface area contributed by atoms with Crippen LogP contribution in [0.15, 0.2) is 121 Å². The lowest BCUT2D eigenvalue weighted by atomic mass is 9.90. The molecule has 5 heteroatoms.